The highest BCUT2D eigenvalue weighted by molar-refractivity contribution is 6.04. The largest absolute Gasteiger partial charge is 0.573 e. The molecule has 2 aromatic carbocycles. The third kappa shape index (κ3) is 5.26. The van der Waals surface area contributed by atoms with E-state index in [2.05, 4.69) is 20.3 Å². The number of alkyl halides is 6. The minimum Gasteiger partial charge on any atom is -0.403 e. The molecular formula is C22H15F7N4O3. The van der Waals surface area contributed by atoms with Gasteiger partial charge in [0.25, 0.3) is 5.91 Å². The second-order valence-electron chi connectivity index (χ2n) is 7.77. The Morgan fingerprint density at radius 1 is 1.11 bits per heavy atom. The van der Waals surface area contributed by atoms with E-state index in [1.165, 1.54) is 30.5 Å². The van der Waals surface area contributed by atoms with E-state index in [1.54, 1.807) is 0 Å². The van der Waals surface area contributed by atoms with Gasteiger partial charge in [-0.3, -0.25) is 14.7 Å². The van der Waals surface area contributed by atoms with Gasteiger partial charge in [-0.2, -0.15) is 18.3 Å². The fourth-order valence-corrected chi connectivity index (χ4v) is 4.04. The van der Waals surface area contributed by atoms with Crippen LogP contribution in [0.2, 0.25) is 0 Å². The van der Waals surface area contributed by atoms with Crippen LogP contribution in [0.5, 0.6) is 5.75 Å². The van der Waals surface area contributed by atoms with Crippen LogP contribution in [0.15, 0.2) is 54.9 Å². The molecule has 0 saturated carbocycles. The summed E-state index contributed by atoms with van der Waals surface area (Å²) in [6.45, 7) is -1.68. The number of ether oxygens (including phenoxy) is 1. The first kappa shape index (κ1) is 25.0. The summed E-state index contributed by atoms with van der Waals surface area (Å²) in [5.41, 5.74) is -0.286. The van der Waals surface area contributed by atoms with Crippen molar-refractivity contribution >= 4 is 17.5 Å². The van der Waals surface area contributed by atoms with Crippen molar-refractivity contribution in [3.05, 3.63) is 77.4 Å². The molecule has 0 aliphatic carbocycles. The predicted molar refractivity (Wildman–Crippen MR) is 109 cm³/mol. The summed E-state index contributed by atoms with van der Waals surface area (Å²) in [5.74, 6) is -5.94. The van der Waals surface area contributed by atoms with Gasteiger partial charge in [-0.1, -0.05) is 18.2 Å². The molecule has 0 spiro atoms. The first-order valence-corrected chi connectivity index (χ1v) is 10.2. The summed E-state index contributed by atoms with van der Waals surface area (Å²) >= 11 is 0. The van der Waals surface area contributed by atoms with E-state index in [0.717, 1.165) is 12.3 Å². The summed E-state index contributed by atoms with van der Waals surface area (Å²) in [4.78, 5) is 26.9. The van der Waals surface area contributed by atoms with Crippen molar-refractivity contribution in [2.45, 2.75) is 24.5 Å². The molecule has 0 fully saturated rings. The number of fused-ring (bicyclic) bond motifs is 1. The lowest BCUT2D eigenvalue weighted by Gasteiger charge is -2.41. The molecule has 190 valence electrons. The van der Waals surface area contributed by atoms with Crippen molar-refractivity contribution in [1.82, 2.24) is 15.1 Å². The first-order chi connectivity index (χ1) is 16.8. The average Bonchev–Trinajstić information content (AvgIpc) is 3.30. The van der Waals surface area contributed by atoms with Gasteiger partial charge >= 0.3 is 12.5 Å². The Morgan fingerprint density at radius 2 is 1.83 bits per heavy atom. The van der Waals surface area contributed by atoms with Gasteiger partial charge in [-0.25, -0.2) is 4.39 Å². The van der Waals surface area contributed by atoms with E-state index in [1.807, 2.05) is 0 Å². The van der Waals surface area contributed by atoms with Crippen molar-refractivity contribution in [1.29, 1.82) is 0 Å². The normalized spacial score (nSPS) is 18.1. The number of halogens is 7. The van der Waals surface area contributed by atoms with Gasteiger partial charge < -0.3 is 15.0 Å². The predicted octanol–water partition coefficient (Wildman–Crippen LogP) is 4.93. The van der Waals surface area contributed by atoms with Gasteiger partial charge in [0.2, 0.25) is 5.91 Å². The van der Waals surface area contributed by atoms with Crippen LogP contribution >= 0.6 is 0 Å². The Kier molecular flexibility index (Phi) is 6.37. The van der Waals surface area contributed by atoms with Crippen LogP contribution in [-0.2, 0) is 4.79 Å². The van der Waals surface area contributed by atoms with Crippen LogP contribution in [0, 0.1) is 5.82 Å². The zero-order valence-corrected chi connectivity index (χ0v) is 17.8. The SMILES string of the molecule is O=C(Nc1ccc(F)c(OC(F)(F)F)c1)[C@H]1c2ccccc2C(=O)N(CC(F)(F)F)[C@@H]1c1cn[nH]c1. The van der Waals surface area contributed by atoms with Crippen molar-refractivity contribution in [2.24, 2.45) is 0 Å². The minimum absolute atomic E-state index is 0.0856. The van der Waals surface area contributed by atoms with Crippen molar-refractivity contribution in [3.8, 4) is 5.75 Å². The second-order valence-corrected chi connectivity index (χ2v) is 7.77. The topological polar surface area (TPSA) is 87.3 Å². The molecule has 14 heteroatoms. The molecule has 0 saturated heterocycles. The zero-order chi connectivity index (χ0) is 26.3. The maximum Gasteiger partial charge on any atom is 0.573 e. The second kappa shape index (κ2) is 9.17. The maximum absolute atomic E-state index is 13.8. The summed E-state index contributed by atoms with van der Waals surface area (Å²) in [6, 6.07) is 6.23. The number of hydrogen-bond acceptors (Lipinski definition) is 4. The quantitative estimate of drug-likeness (QED) is 0.471. The van der Waals surface area contributed by atoms with E-state index in [-0.39, 0.29) is 22.4 Å². The molecule has 2 amide bonds. The third-order valence-corrected chi connectivity index (χ3v) is 5.36. The molecule has 2 N–H and O–H groups in total. The van der Waals surface area contributed by atoms with Crippen LogP contribution in [0.3, 0.4) is 0 Å². The molecule has 36 heavy (non-hydrogen) atoms. The molecule has 1 aliphatic rings. The first-order valence-electron chi connectivity index (χ1n) is 10.2. The van der Waals surface area contributed by atoms with Gasteiger partial charge in [0, 0.05) is 29.1 Å². The molecule has 2 heterocycles. The lowest BCUT2D eigenvalue weighted by Crippen LogP contribution is -2.49. The maximum atomic E-state index is 13.8. The van der Waals surface area contributed by atoms with E-state index in [0.29, 0.717) is 17.0 Å². The van der Waals surface area contributed by atoms with Crippen LogP contribution in [0.1, 0.15) is 33.4 Å². The fraction of sp³-hybridized carbons (Fsp3) is 0.227. The average molecular weight is 516 g/mol. The molecule has 1 aromatic heterocycles. The van der Waals surface area contributed by atoms with E-state index < -0.39 is 54.4 Å². The summed E-state index contributed by atoms with van der Waals surface area (Å²) in [7, 11) is 0. The van der Waals surface area contributed by atoms with Gasteiger partial charge in [-0.15, -0.1) is 13.2 Å². The number of nitrogens with zero attached hydrogens (tertiary/aromatic N) is 2. The number of anilines is 1. The molecule has 1 aliphatic heterocycles. The molecule has 4 rings (SSSR count). The van der Waals surface area contributed by atoms with Crippen LogP contribution in [-0.4, -0.2) is 46.0 Å². The summed E-state index contributed by atoms with van der Waals surface area (Å²) in [6.07, 6.45) is -7.65. The summed E-state index contributed by atoms with van der Waals surface area (Å²) < 4.78 is 95.5. The lowest BCUT2D eigenvalue weighted by molar-refractivity contribution is -0.275. The number of nitrogens with one attached hydrogen (secondary N) is 2. The molecule has 2 atom stereocenters. The molecule has 3 aromatic rings. The number of aromatic nitrogens is 2. The molecular weight excluding hydrogens is 501 g/mol. The Bertz CT molecular complexity index is 1280. The smallest absolute Gasteiger partial charge is 0.403 e. The molecule has 0 radical (unpaired) electrons. The molecule has 0 unspecified atom stereocenters. The number of amides is 2. The number of benzene rings is 2. The van der Waals surface area contributed by atoms with E-state index in [4.69, 9.17) is 0 Å². The van der Waals surface area contributed by atoms with E-state index >= 15 is 0 Å². The Hall–Kier alpha value is -4.10. The fourth-order valence-electron chi connectivity index (χ4n) is 4.04. The number of aromatic amines is 1. The van der Waals surface area contributed by atoms with Gasteiger partial charge in [0.15, 0.2) is 11.6 Å². The van der Waals surface area contributed by atoms with Crippen molar-refractivity contribution < 1.29 is 45.1 Å². The minimum atomic E-state index is -5.21. The molecule has 0 bridgehead atoms. The number of hydrogen-bond donors (Lipinski definition) is 2. The number of carbonyl (C=O) groups excluding carboxylic acids is 2. The monoisotopic (exact) mass is 516 g/mol. The highest BCUT2D eigenvalue weighted by Gasteiger charge is 2.48. The van der Waals surface area contributed by atoms with Crippen LogP contribution in [0.4, 0.5) is 36.4 Å². The summed E-state index contributed by atoms with van der Waals surface area (Å²) in [5, 5.41) is 8.42. The standard InChI is InChI=1S/C22H15F7N4O3/c23-15-6-5-12(7-16(15)36-22(27,28)29)32-19(34)17-13-3-1-2-4-14(13)20(35)33(10-21(24,25)26)18(17)11-8-30-31-9-11/h1-9,17-18H,10H2,(H,30,31)(H,32,34)/t17-,18+/m0/s1. The number of carbonyl (C=O) groups is 2. The van der Waals surface area contributed by atoms with Gasteiger partial charge in [-0.05, 0) is 23.8 Å². The van der Waals surface area contributed by atoms with Gasteiger partial charge in [0.1, 0.15) is 6.54 Å². The molecule has 7 nitrogen and oxygen atoms in total. The zero-order valence-electron chi connectivity index (χ0n) is 17.8. The van der Waals surface area contributed by atoms with Crippen LogP contribution in [0.25, 0.3) is 0 Å². The Morgan fingerprint density at radius 3 is 2.47 bits per heavy atom. The van der Waals surface area contributed by atoms with Crippen molar-refractivity contribution in [3.63, 3.8) is 0 Å². The van der Waals surface area contributed by atoms with Gasteiger partial charge in [0.05, 0.1) is 18.2 Å². The highest BCUT2D eigenvalue weighted by atomic mass is 19.4. The Labute approximate surface area is 197 Å². The van der Waals surface area contributed by atoms with Crippen LogP contribution < -0.4 is 10.1 Å². The highest BCUT2D eigenvalue weighted by Crippen LogP contribution is 2.44. The number of rotatable bonds is 5. The lowest BCUT2D eigenvalue weighted by atomic mass is 9.79. The third-order valence-electron chi connectivity index (χ3n) is 5.36. The Balaban J connectivity index is 1.77. The van der Waals surface area contributed by atoms with E-state index in [9.17, 15) is 40.3 Å². The number of H-pyrrole nitrogens is 1. The van der Waals surface area contributed by atoms with Crippen molar-refractivity contribution in [2.75, 3.05) is 11.9 Å².